The van der Waals surface area contributed by atoms with Gasteiger partial charge in [-0.15, -0.1) is 0 Å². The number of carbonyl (C=O) groups is 1. The first-order valence-electron chi connectivity index (χ1n) is 7.55. The number of aromatic hydroxyl groups is 1. The van der Waals surface area contributed by atoms with Gasteiger partial charge in [0.25, 0.3) is 0 Å². The molecule has 126 valence electrons. The number of amides is 1. The SMILES string of the molecule is COc1ccc(OC)c([C@@H]2C[C@@H]2C(=O)Nc2c(O)cccc2Cl)c1. The summed E-state index contributed by atoms with van der Waals surface area (Å²) in [5, 5.41) is 12.9. The van der Waals surface area contributed by atoms with Gasteiger partial charge >= 0.3 is 0 Å². The molecule has 1 amide bonds. The maximum atomic E-state index is 12.5. The number of benzene rings is 2. The molecule has 2 N–H and O–H groups in total. The molecule has 0 spiro atoms. The summed E-state index contributed by atoms with van der Waals surface area (Å²) in [5.41, 5.74) is 1.19. The van der Waals surface area contributed by atoms with Crippen LogP contribution in [0.3, 0.4) is 0 Å². The largest absolute Gasteiger partial charge is 0.506 e. The van der Waals surface area contributed by atoms with Crippen LogP contribution in [0.25, 0.3) is 0 Å². The number of ether oxygens (including phenoxy) is 2. The van der Waals surface area contributed by atoms with Crippen molar-refractivity contribution < 1.29 is 19.4 Å². The first-order chi connectivity index (χ1) is 11.5. The topological polar surface area (TPSA) is 67.8 Å². The van der Waals surface area contributed by atoms with Crippen LogP contribution in [0.5, 0.6) is 17.2 Å². The quantitative estimate of drug-likeness (QED) is 0.807. The molecule has 5 nitrogen and oxygen atoms in total. The standard InChI is InChI=1S/C18H18ClNO4/c1-23-10-6-7-16(24-2)12(8-10)11-9-13(11)18(22)20-17-14(19)4-3-5-15(17)21/h3-8,11,13,21H,9H2,1-2H3,(H,20,22)/t11-,13-/m0/s1. The highest BCUT2D eigenvalue weighted by Gasteiger charge is 2.45. The number of phenols is 1. The molecular weight excluding hydrogens is 330 g/mol. The van der Waals surface area contributed by atoms with Gasteiger partial charge in [-0.2, -0.15) is 0 Å². The van der Waals surface area contributed by atoms with Crippen molar-refractivity contribution in [3.63, 3.8) is 0 Å². The Labute approximate surface area is 145 Å². The van der Waals surface area contributed by atoms with E-state index in [2.05, 4.69) is 5.32 Å². The number of phenolic OH excluding ortho intramolecular Hbond substituents is 1. The summed E-state index contributed by atoms with van der Waals surface area (Å²) in [5.74, 6) is 1.10. The van der Waals surface area contributed by atoms with Gasteiger partial charge in [0.2, 0.25) is 5.91 Å². The van der Waals surface area contributed by atoms with E-state index in [0.29, 0.717) is 11.4 Å². The second kappa shape index (κ2) is 6.61. The molecule has 1 aliphatic rings. The third-order valence-corrected chi connectivity index (χ3v) is 4.52. The van der Waals surface area contributed by atoms with E-state index < -0.39 is 0 Å². The molecule has 0 saturated heterocycles. The molecule has 6 heteroatoms. The van der Waals surface area contributed by atoms with Crippen LogP contribution in [0, 0.1) is 5.92 Å². The van der Waals surface area contributed by atoms with Crippen molar-refractivity contribution in [2.75, 3.05) is 19.5 Å². The summed E-state index contributed by atoms with van der Waals surface area (Å²) in [6, 6.07) is 10.3. The summed E-state index contributed by atoms with van der Waals surface area (Å²) in [7, 11) is 3.20. The number of nitrogens with one attached hydrogen (secondary N) is 1. The summed E-state index contributed by atoms with van der Waals surface area (Å²) in [4.78, 5) is 12.5. The molecule has 0 radical (unpaired) electrons. The number of hydrogen-bond donors (Lipinski definition) is 2. The fourth-order valence-electron chi connectivity index (χ4n) is 2.81. The van der Waals surface area contributed by atoms with Gasteiger partial charge in [0.1, 0.15) is 22.9 Å². The number of anilines is 1. The third kappa shape index (κ3) is 3.12. The van der Waals surface area contributed by atoms with Gasteiger partial charge in [-0.05, 0) is 36.8 Å². The second-order valence-electron chi connectivity index (χ2n) is 5.68. The minimum absolute atomic E-state index is 0.0491. The van der Waals surface area contributed by atoms with E-state index in [1.165, 1.54) is 6.07 Å². The number of para-hydroxylation sites is 1. The van der Waals surface area contributed by atoms with Crippen LogP contribution in [0.2, 0.25) is 5.02 Å². The molecule has 24 heavy (non-hydrogen) atoms. The van der Waals surface area contributed by atoms with Crippen molar-refractivity contribution in [2.24, 2.45) is 5.92 Å². The van der Waals surface area contributed by atoms with E-state index in [1.54, 1.807) is 26.4 Å². The zero-order valence-corrected chi connectivity index (χ0v) is 14.1. The molecule has 3 rings (SSSR count). The predicted molar refractivity (Wildman–Crippen MR) is 92.1 cm³/mol. The van der Waals surface area contributed by atoms with Crippen LogP contribution >= 0.6 is 11.6 Å². The van der Waals surface area contributed by atoms with E-state index in [9.17, 15) is 9.90 Å². The number of halogens is 1. The Kier molecular flexibility index (Phi) is 4.53. The lowest BCUT2D eigenvalue weighted by atomic mass is 10.1. The third-order valence-electron chi connectivity index (χ3n) is 4.20. The number of rotatable bonds is 5. The smallest absolute Gasteiger partial charge is 0.228 e. The molecule has 0 bridgehead atoms. The molecule has 0 aromatic heterocycles. The first kappa shape index (κ1) is 16.5. The molecule has 1 saturated carbocycles. The van der Waals surface area contributed by atoms with E-state index in [4.69, 9.17) is 21.1 Å². The molecule has 0 unspecified atom stereocenters. The Morgan fingerprint density at radius 1 is 1.25 bits per heavy atom. The Morgan fingerprint density at radius 2 is 2.04 bits per heavy atom. The van der Waals surface area contributed by atoms with E-state index in [-0.39, 0.29) is 29.2 Å². The molecular formula is C18H18ClNO4. The highest BCUT2D eigenvalue weighted by atomic mass is 35.5. The van der Waals surface area contributed by atoms with Gasteiger partial charge in [-0.3, -0.25) is 4.79 Å². The van der Waals surface area contributed by atoms with Crippen LogP contribution in [0.4, 0.5) is 5.69 Å². The maximum Gasteiger partial charge on any atom is 0.228 e. The Balaban J connectivity index is 1.77. The van der Waals surface area contributed by atoms with Gasteiger partial charge in [0.15, 0.2) is 0 Å². The first-order valence-corrected chi connectivity index (χ1v) is 7.93. The maximum absolute atomic E-state index is 12.5. The fourth-order valence-corrected chi connectivity index (χ4v) is 3.03. The minimum Gasteiger partial charge on any atom is -0.506 e. The van der Waals surface area contributed by atoms with Crippen molar-refractivity contribution in [1.29, 1.82) is 0 Å². The Morgan fingerprint density at radius 3 is 2.71 bits per heavy atom. The van der Waals surface area contributed by atoms with E-state index in [0.717, 1.165) is 17.1 Å². The zero-order chi connectivity index (χ0) is 17.3. The van der Waals surface area contributed by atoms with Gasteiger partial charge in [0, 0.05) is 17.4 Å². The van der Waals surface area contributed by atoms with Gasteiger partial charge in [-0.25, -0.2) is 0 Å². The molecule has 1 fully saturated rings. The lowest BCUT2D eigenvalue weighted by molar-refractivity contribution is -0.117. The highest BCUT2D eigenvalue weighted by Crippen LogP contribution is 2.52. The van der Waals surface area contributed by atoms with Crippen LogP contribution in [-0.4, -0.2) is 25.2 Å². The lowest BCUT2D eigenvalue weighted by Gasteiger charge is -2.11. The van der Waals surface area contributed by atoms with Gasteiger partial charge in [-0.1, -0.05) is 17.7 Å². The van der Waals surface area contributed by atoms with Crippen molar-refractivity contribution in [1.82, 2.24) is 0 Å². The average molecular weight is 348 g/mol. The number of hydrogen-bond acceptors (Lipinski definition) is 4. The fraction of sp³-hybridized carbons (Fsp3) is 0.278. The molecule has 2 aromatic carbocycles. The van der Waals surface area contributed by atoms with E-state index >= 15 is 0 Å². The monoisotopic (exact) mass is 347 g/mol. The van der Waals surface area contributed by atoms with Crippen LogP contribution < -0.4 is 14.8 Å². The zero-order valence-electron chi connectivity index (χ0n) is 13.4. The summed E-state index contributed by atoms with van der Waals surface area (Å²) in [6.07, 6.45) is 0.709. The van der Waals surface area contributed by atoms with Crippen LogP contribution in [0.15, 0.2) is 36.4 Å². The normalized spacial score (nSPS) is 18.8. The molecule has 2 atom stereocenters. The van der Waals surface area contributed by atoms with Gasteiger partial charge < -0.3 is 19.9 Å². The Hall–Kier alpha value is -2.40. The molecule has 0 heterocycles. The summed E-state index contributed by atoms with van der Waals surface area (Å²) in [6.45, 7) is 0. The number of methoxy groups -OCH3 is 2. The van der Waals surface area contributed by atoms with Crippen molar-refractivity contribution in [2.45, 2.75) is 12.3 Å². The highest BCUT2D eigenvalue weighted by molar-refractivity contribution is 6.34. The van der Waals surface area contributed by atoms with Crippen LogP contribution in [-0.2, 0) is 4.79 Å². The molecule has 1 aliphatic carbocycles. The lowest BCUT2D eigenvalue weighted by Crippen LogP contribution is -2.15. The predicted octanol–water partition coefficient (Wildman–Crippen LogP) is 3.81. The van der Waals surface area contributed by atoms with Crippen molar-refractivity contribution in [3.05, 3.63) is 47.0 Å². The van der Waals surface area contributed by atoms with Crippen molar-refractivity contribution >= 4 is 23.2 Å². The molecule has 2 aromatic rings. The van der Waals surface area contributed by atoms with Crippen LogP contribution in [0.1, 0.15) is 17.9 Å². The van der Waals surface area contributed by atoms with Gasteiger partial charge in [0.05, 0.1) is 19.2 Å². The Bertz CT molecular complexity index is 757. The second-order valence-corrected chi connectivity index (χ2v) is 6.09. The number of carbonyl (C=O) groups excluding carboxylic acids is 1. The van der Waals surface area contributed by atoms with Crippen molar-refractivity contribution in [3.8, 4) is 17.2 Å². The summed E-state index contributed by atoms with van der Waals surface area (Å²) < 4.78 is 10.6. The average Bonchev–Trinajstić information content (AvgIpc) is 3.38. The summed E-state index contributed by atoms with van der Waals surface area (Å²) >= 11 is 6.03. The van der Waals surface area contributed by atoms with E-state index in [1.807, 2.05) is 18.2 Å². The minimum atomic E-state index is -0.193. The molecule has 0 aliphatic heterocycles.